The molecule has 6 heteroatoms. The van der Waals surface area contributed by atoms with Gasteiger partial charge in [-0.1, -0.05) is 99.2 Å². The predicted molar refractivity (Wildman–Crippen MR) is 155 cm³/mol. The lowest BCUT2D eigenvalue weighted by Crippen LogP contribution is -2.53. The van der Waals surface area contributed by atoms with Gasteiger partial charge in [0, 0.05) is 5.56 Å². The molecule has 2 aromatic carbocycles. The van der Waals surface area contributed by atoms with Crippen LogP contribution in [0.5, 0.6) is 5.75 Å². The highest BCUT2D eigenvalue weighted by atomic mass is 32.1. The predicted octanol–water partition coefficient (Wildman–Crippen LogP) is 6.78. The van der Waals surface area contributed by atoms with Crippen LogP contribution in [-0.4, -0.2) is 41.8 Å². The number of allylic oxidation sites excluding steroid dienone is 5. The van der Waals surface area contributed by atoms with Gasteiger partial charge in [0.2, 0.25) is 0 Å². The molecule has 1 fully saturated rings. The molecule has 1 aliphatic heterocycles. The van der Waals surface area contributed by atoms with Crippen molar-refractivity contribution in [1.82, 2.24) is 4.90 Å². The molecule has 0 saturated carbocycles. The molecule has 4 atom stereocenters. The number of para-hydroxylation sites is 1. The number of amides is 1. The summed E-state index contributed by atoms with van der Waals surface area (Å²) in [4.78, 5) is 15.6. The Morgan fingerprint density at radius 3 is 2.63 bits per heavy atom. The van der Waals surface area contributed by atoms with Crippen LogP contribution < -0.4 is 4.74 Å². The maximum atomic E-state index is 14.0. The fourth-order valence-electron chi connectivity index (χ4n) is 4.96. The van der Waals surface area contributed by atoms with Gasteiger partial charge in [-0.05, 0) is 42.3 Å². The van der Waals surface area contributed by atoms with Crippen LogP contribution in [0.25, 0.3) is 0 Å². The standard InChI is InChI=1S/C32H35NO4S/c1-5-23(3)22-36-29(24-16-10-7-8-11-17-24)32(25-18-12-9-13-19-25)28(6-2)33(31(38)37-32)30(34)26-20-14-15-21-27(26)35-4/h6-16,18-21,23,28-29H,2,5,17,22H2,1,3-4H3. The summed E-state index contributed by atoms with van der Waals surface area (Å²) in [6.07, 6.45) is 13.0. The van der Waals surface area contributed by atoms with Gasteiger partial charge in [-0.25, -0.2) is 0 Å². The average Bonchev–Trinajstić information content (AvgIpc) is 3.08. The molecular formula is C32H35NO4S. The molecule has 0 N–H and O–H groups in total. The highest BCUT2D eigenvalue weighted by Crippen LogP contribution is 2.47. The maximum Gasteiger partial charge on any atom is 0.268 e. The topological polar surface area (TPSA) is 48.0 Å². The minimum atomic E-state index is -1.15. The van der Waals surface area contributed by atoms with Crippen LogP contribution in [-0.2, 0) is 15.1 Å². The Balaban J connectivity index is 1.90. The monoisotopic (exact) mass is 529 g/mol. The summed E-state index contributed by atoms with van der Waals surface area (Å²) in [6, 6.07) is 16.3. The van der Waals surface area contributed by atoms with Crippen LogP contribution in [0.2, 0.25) is 0 Å². The van der Waals surface area contributed by atoms with E-state index >= 15 is 0 Å². The summed E-state index contributed by atoms with van der Waals surface area (Å²) in [7, 11) is 1.54. The van der Waals surface area contributed by atoms with Gasteiger partial charge in [0.25, 0.3) is 11.1 Å². The number of hydrogen-bond donors (Lipinski definition) is 0. The summed E-state index contributed by atoms with van der Waals surface area (Å²) < 4.78 is 19.0. The molecule has 1 aliphatic carbocycles. The summed E-state index contributed by atoms with van der Waals surface area (Å²) in [5.74, 6) is 0.488. The molecule has 1 amide bonds. The van der Waals surface area contributed by atoms with E-state index in [1.165, 1.54) is 4.90 Å². The summed E-state index contributed by atoms with van der Waals surface area (Å²) in [5.41, 5.74) is 1.13. The van der Waals surface area contributed by atoms with Crippen LogP contribution >= 0.6 is 12.2 Å². The zero-order chi connectivity index (χ0) is 27.1. The molecule has 38 heavy (non-hydrogen) atoms. The lowest BCUT2D eigenvalue weighted by Gasteiger charge is -2.41. The fraction of sp³-hybridized carbons (Fsp3) is 0.312. The van der Waals surface area contributed by atoms with Crippen LogP contribution in [0.3, 0.4) is 0 Å². The van der Waals surface area contributed by atoms with Gasteiger partial charge in [0.15, 0.2) is 5.60 Å². The van der Waals surface area contributed by atoms with Gasteiger partial charge in [-0.2, -0.15) is 0 Å². The second kappa shape index (κ2) is 12.4. The van der Waals surface area contributed by atoms with Gasteiger partial charge >= 0.3 is 0 Å². The highest BCUT2D eigenvalue weighted by Gasteiger charge is 2.60. The van der Waals surface area contributed by atoms with Crippen molar-refractivity contribution in [2.45, 2.75) is 44.4 Å². The van der Waals surface area contributed by atoms with Gasteiger partial charge in [-0.15, -0.1) is 6.58 Å². The number of ether oxygens (including phenoxy) is 3. The molecule has 198 valence electrons. The number of rotatable bonds is 10. The number of carbonyl (C=O) groups excluding carboxylic acids is 1. The molecular weight excluding hydrogens is 494 g/mol. The SMILES string of the molecule is C=CC1N(C(=O)c2ccccc2OC)C(=S)OC1(c1ccccc1)C(OCC(C)CC)C1=CC=CC=CC1. The van der Waals surface area contributed by atoms with Crippen LogP contribution in [0.1, 0.15) is 42.6 Å². The van der Waals surface area contributed by atoms with Crippen molar-refractivity contribution >= 4 is 23.3 Å². The number of hydrogen-bond acceptors (Lipinski definition) is 5. The third-order valence-corrected chi connectivity index (χ3v) is 7.45. The number of benzene rings is 2. The van der Waals surface area contributed by atoms with E-state index in [0.717, 1.165) is 17.6 Å². The van der Waals surface area contributed by atoms with Gasteiger partial charge in [0.1, 0.15) is 17.9 Å². The number of carbonyl (C=O) groups is 1. The first-order chi connectivity index (χ1) is 18.5. The van der Waals surface area contributed by atoms with Crippen LogP contribution in [0.4, 0.5) is 0 Å². The normalized spacial score (nSPS) is 22.3. The van der Waals surface area contributed by atoms with E-state index in [4.69, 9.17) is 26.4 Å². The second-order valence-electron chi connectivity index (χ2n) is 9.57. The smallest absolute Gasteiger partial charge is 0.268 e. The van der Waals surface area contributed by atoms with Gasteiger partial charge < -0.3 is 14.2 Å². The summed E-state index contributed by atoms with van der Waals surface area (Å²) in [6.45, 7) is 8.99. The average molecular weight is 530 g/mol. The van der Waals surface area contributed by atoms with E-state index in [1.807, 2.05) is 54.6 Å². The van der Waals surface area contributed by atoms with Crippen molar-refractivity contribution in [1.29, 1.82) is 0 Å². The van der Waals surface area contributed by atoms with E-state index in [0.29, 0.717) is 30.3 Å². The first-order valence-corrected chi connectivity index (χ1v) is 13.4. The van der Waals surface area contributed by atoms with Crippen molar-refractivity contribution in [3.05, 3.63) is 114 Å². The Hall–Kier alpha value is -3.48. The van der Waals surface area contributed by atoms with Crippen molar-refractivity contribution in [3.63, 3.8) is 0 Å². The minimum Gasteiger partial charge on any atom is -0.496 e. The van der Waals surface area contributed by atoms with Crippen LogP contribution in [0, 0.1) is 5.92 Å². The van der Waals surface area contributed by atoms with Crippen molar-refractivity contribution in [3.8, 4) is 5.75 Å². The van der Waals surface area contributed by atoms with Crippen molar-refractivity contribution < 1.29 is 19.0 Å². The molecule has 0 spiro atoms. The van der Waals surface area contributed by atoms with E-state index < -0.39 is 17.7 Å². The Morgan fingerprint density at radius 2 is 1.92 bits per heavy atom. The molecule has 1 heterocycles. The number of thiocarbonyl (C=S) groups is 1. The van der Waals surface area contributed by atoms with Crippen molar-refractivity contribution in [2.75, 3.05) is 13.7 Å². The molecule has 0 radical (unpaired) electrons. The molecule has 5 nitrogen and oxygen atoms in total. The Bertz CT molecular complexity index is 1250. The molecule has 4 unspecified atom stereocenters. The number of nitrogens with zero attached hydrogens (tertiary/aromatic N) is 1. The highest BCUT2D eigenvalue weighted by molar-refractivity contribution is 7.80. The maximum absolute atomic E-state index is 14.0. The Kier molecular flexibility index (Phi) is 8.97. The Morgan fingerprint density at radius 1 is 1.18 bits per heavy atom. The first kappa shape index (κ1) is 27.6. The molecule has 2 aromatic rings. The van der Waals surface area contributed by atoms with Gasteiger partial charge in [0.05, 0.1) is 19.3 Å². The van der Waals surface area contributed by atoms with Gasteiger partial charge in [-0.3, -0.25) is 9.69 Å². The largest absolute Gasteiger partial charge is 0.496 e. The third kappa shape index (κ3) is 5.24. The molecule has 0 bridgehead atoms. The lowest BCUT2D eigenvalue weighted by atomic mass is 9.77. The Labute approximate surface area is 231 Å². The van der Waals surface area contributed by atoms with E-state index in [2.05, 4.69) is 32.6 Å². The zero-order valence-electron chi connectivity index (χ0n) is 22.2. The number of methoxy groups -OCH3 is 1. The molecule has 1 saturated heterocycles. The van der Waals surface area contributed by atoms with E-state index in [1.54, 1.807) is 31.4 Å². The third-order valence-electron chi connectivity index (χ3n) is 7.17. The second-order valence-corrected chi connectivity index (χ2v) is 9.92. The summed E-state index contributed by atoms with van der Waals surface area (Å²) in [5, 5.41) is 0.0760. The lowest BCUT2D eigenvalue weighted by molar-refractivity contribution is -0.0884. The molecule has 0 aromatic heterocycles. The summed E-state index contributed by atoms with van der Waals surface area (Å²) >= 11 is 5.79. The molecule has 2 aliphatic rings. The van der Waals surface area contributed by atoms with Crippen molar-refractivity contribution in [2.24, 2.45) is 5.92 Å². The first-order valence-electron chi connectivity index (χ1n) is 13.0. The van der Waals surface area contributed by atoms with E-state index in [-0.39, 0.29) is 11.1 Å². The quantitative estimate of drug-likeness (QED) is 0.251. The molecule has 4 rings (SSSR count). The zero-order valence-corrected chi connectivity index (χ0v) is 23.0. The van der Waals surface area contributed by atoms with Crippen LogP contribution in [0.15, 0.2) is 103 Å². The minimum absolute atomic E-state index is 0.0760. The fourth-order valence-corrected chi connectivity index (χ4v) is 5.30. The van der Waals surface area contributed by atoms with E-state index in [9.17, 15) is 4.79 Å².